The van der Waals surface area contributed by atoms with Gasteiger partial charge in [0.05, 0.1) is 19.8 Å². The Morgan fingerprint density at radius 3 is 2.35 bits per heavy atom. The van der Waals surface area contributed by atoms with E-state index in [0.717, 1.165) is 63.8 Å². The van der Waals surface area contributed by atoms with E-state index in [1.807, 2.05) is 24.3 Å². The highest BCUT2D eigenvalue weighted by molar-refractivity contribution is 5.39. The van der Waals surface area contributed by atoms with Crippen LogP contribution in [0.5, 0.6) is 11.5 Å². The van der Waals surface area contributed by atoms with Gasteiger partial charge in [-0.05, 0) is 18.6 Å². The summed E-state index contributed by atoms with van der Waals surface area (Å²) < 4.78 is 17.0. The number of benzene rings is 1. The highest BCUT2D eigenvalue weighted by atomic mass is 16.5. The molecule has 4 heteroatoms. The molecule has 20 heavy (non-hydrogen) atoms. The molecule has 0 bridgehead atoms. The van der Waals surface area contributed by atoms with Crippen molar-refractivity contribution in [1.82, 2.24) is 4.90 Å². The van der Waals surface area contributed by atoms with E-state index in [0.29, 0.717) is 6.61 Å². The molecule has 0 atom stereocenters. The van der Waals surface area contributed by atoms with E-state index in [-0.39, 0.29) is 0 Å². The van der Waals surface area contributed by atoms with Gasteiger partial charge in [0.1, 0.15) is 6.61 Å². The largest absolute Gasteiger partial charge is 0.490 e. The Labute approximate surface area is 121 Å². The van der Waals surface area contributed by atoms with Gasteiger partial charge in [-0.15, -0.1) is 0 Å². The summed E-state index contributed by atoms with van der Waals surface area (Å²) in [5.74, 6) is 1.69. The molecule has 0 spiro atoms. The second-order valence-corrected chi connectivity index (χ2v) is 4.95. The van der Waals surface area contributed by atoms with Crippen LogP contribution in [0.1, 0.15) is 19.8 Å². The Kier molecular flexibility index (Phi) is 6.68. The lowest BCUT2D eigenvalue weighted by Gasteiger charge is -2.26. The predicted molar refractivity (Wildman–Crippen MR) is 79.6 cm³/mol. The van der Waals surface area contributed by atoms with E-state index < -0.39 is 0 Å². The van der Waals surface area contributed by atoms with Crippen molar-refractivity contribution in [3.8, 4) is 11.5 Å². The van der Waals surface area contributed by atoms with E-state index in [9.17, 15) is 0 Å². The molecular weight excluding hydrogens is 254 g/mol. The molecule has 1 aliphatic rings. The van der Waals surface area contributed by atoms with E-state index in [2.05, 4.69) is 11.8 Å². The van der Waals surface area contributed by atoms with Gasteiger partial charge in [0, 0.05) is 19.6 Å². The van der Waals surface area contributed by atoms with Crippen molar-refractivity contribution in [1.29, 1.82) is 0 Å². The van der Waals surface area contributed by atoms with Crippen molar-refractivity contribution in [2.75, 3.05) is 46.1 Å². The molecule has 0 amide bonds. The number of nitrogens with zero attached hydrogens (tertiary/aromatic N) is 1. The van der Waals surface area contributed by atoms with Crippen LogP contribution in [-0.2, 0) is 4.74 Å². The average molecular weight is 279 g/mol. The lowest BCUT2D eigenvalue weighted by Crippen LogP contribution is -2.38. The molecule has 1 aliphatic heterocycles. The van der Waals surface area contributed by atoms with E-state index in [4.69, 9.17) is 14.2 Å². The average Bonchev–Trinajstić information content (AvgIpc) is 2.50. The summed E-state index contributed by atoms with van der Waals surface area (Å²) in [7, 11) is 0. The number of para-hydroxylation sites is 2. The summed E-state index contributed by atoms with van der Waals surface area (Å²) in [5.41, 5.74) is 0. The highest BCUT2D eigenvalue weighted by Gasteiger charge is 2.10. The summed E-state index contributed by atoms with van der Waals surface area (Å²) in [5, 5.41) is 0. The Balaban J connectivity index is 1.76. The zero-order valence-electron chi connectivity index (χ0n) is 12.3. The Morgan fingerprint density at radius 2 is 1.70 bits per heavy atom. The first-order valence-electron chi connectivity index (χ1n) is 7.55. The number of rotatable bonds is 8. The summed E-state index contributed by atoms with van der Waals surface area (Å²) in [6, 6.07) is 7.91. The summed E-state index contributed by atoms with van der Waals surface area (Å²) in [6.45, 7) is 8.19. The molecule has 1 aromatic rings. The fourth-order valence-corrected chi connectivity index (χ4v) is 2.12. The van der Waals surface area contributed by atoms with Crippen molar-refractivity contribution in [2.45, 2.75) is 19.8 Å². The molecule has 1 fully saturated rings. The topological polar surface area (TPSA) is 30.9 Å². The van der Waals surface area contributed by atoms with Gasteiger partial charge in [0.25, 0.3) is 0 Å². The molecule has 0 aliphatic carbocycles. The maximum atomic E-state index is 5.86. The van der Waals surface area contributed by atoms with Crippen molar-refractivity contribution >= 4 is 0 Å². The van der Waals surface area contributed by atoms with Crippen LogP contribution >= 0.6 is 0 Å². The van der Waals surface area contributed by atoms with Crippen LogP contribution in [0.2, 0.25) is 0 Å². The van der Waals surface area contributed by atoms with Crippen LogP contribution in [0.4, 0.5) is 0 Å². The molecule has 1 saturated heterocycles. The summed E-state index contributed by atoms with van der Waals surface area (Å²) in [6.07, 6.45) is 2.21. The maximum absolute atomic E-state index is 5.86. The molecule has 0 N–H and O–H groups in total. The Hall–Kier alpha value is -1.26. The number of hydrogen-bond acceptors (Lipinski definition) is 4. The van der Waals surface area contributed by atoms with E-state index in [1.54, 1.807) is 0 Å². The minimum Gasteiger partial charge on any atom is -0.490 e. The van der Waals surface area contributed by atoms with Gasteiger partial charge in [-0.2, -0.15) is 0 Å². The van der Waals surface area contributed by atoms with Crippen LogP contribution in [0.25, 0.3) is 0 Å². The van der Waals surface area contributed by atoms with E-state index >= 15 is 0 Å². The predicted octanol–water partition coefficient (Wildman–Crippen LogP) is 2.58. The Bertz CT molecular complexity index is 378. The molecule has 0 aromatic heterocycles. The molecule has 1 heterocycles. The van der Waals surface area contributed by atoms with Crippen LogP contribution < -0.4 is 9.47 Å². The Morgan fingerprint density at radius 1 is 1.05 bits per heavy atom. The molecule has 0 saturated carbocycles. The van der Waals surface area contributed by atoms with Gasteiger partial charge in [-0.25, -0.2) is 0 Å². The van der Waals surface area contributed by atoms with Gasteiger partial charge in [0.2, 0.25) is 0 Å². The number of unbranched alkanes of at least 4 members (excludes halogenated alkanes) is 1. The van der Waals surface area contributed by atoms with Crippen molar-refractivity contribution in [3.05, 3.63) is 24.3 Å². The van der Waals surface area contributed by atoms with Gasteiger partial charge in [-0.1, -0.05) is 25.5 Å². The maximum Gasteiger partial charge on any atom is 0.161 e. The van der Waals surface area contributed by atoms with Crippen LogP contribution in [-0.4, -0.2) is 51.0 Å². The molecule has 4 nitrogen and oxygen atoms in total. The third kappa shape index (κ3) is 5.02. The number of morpholine rings is 1. The second kappa shape index (κ2) is 8.82. The second-order valence-electron chi connectivity index (χ2n) is 4.95. The van der Waals surface area contributed by atoms with Crippen LogP contribution in [0.3, 0.4) is 0 Å². The van der Waals surface area contributed by atoms with Gasteiger partial charge in [0.15, 0.2) is 11.5 Å². The minimum atomic E-state index is 0.689. The number of hydrogen-bond donors (Lipinski definition) is 0. The standard InChI is InChI=1S/C16H25NO3/c1-2-3-11-19-15-6-4-5-7-16(15)20-14-10-17-8-12-18-13-9-17/h4-7H,2-3,8-14H2,1H3. The first-order valence-corrected chi connectivity index (χ1v) is 7.55. The van der Waals surface area contributed by atoms with E-state index in [1.165, 1.54) is 0 Å². The number of ether oxygens (including phenoxy) is 3. The van der Waals surface area contributed by atoms with Gasteiger partial charge in [-0.3, -0.25) is 4.90 Å². The van der Waals surface area contributed by atoms with Gasteiger partial charge < -0.3 is 14.2 Å². The molecule has 112 valence electrons. The monoisotopic (exact) mass is 279 g/mol. The lowest BCUT2D eigenvalue weighted by molar-refractivity contribution is 0.0320. The van der Waals surface area contributed by atoms with Crippen LogP contribution in [0, 0.1) is 0 Å². The molecule has 0 radical (unpaired) electrons. The fraction of sp³-hybridized carbons (Fsp3) is 0.625. The molecular formula is C16H25NO3. The summed E-state index contributed by atoms with van der Waals surface area (Å²) >= 11 is 0. The molecule has 0 unspecified atom stereocenters. The fourth-order valence-electron chi connectivity index (χ4n) is 2.12. The third-order valence-electron chi connectivity index (χ3n) is 3.37. The molecule has 2 rings (SSSR count). The van der Waals surface area contributed by atoms with Crippen molar-refractivity contribution in [3.63, 3.8) is 0 Å². The molecule has 1 aromatic carbocycles. The van der Waals surface area contributed by atoms with Gasteiger partial charge >= 0.3 is 0 Å². The quantitative estimate of drug-likeness (QED) is 0.684. The normalized spacial score (nSPS) is 16.1. The highest BCUT2D eigenvalue weighted by Crippen LogP contribution is 2.26. The zero-order valence-corrected chi connectivity index (χ0v) is 12.3. The third-order valence-corrected chi connectivity index (χ3v) is 3.37. The lowest BCUT2D eigenvalue weighted by atomic mass is 10.3. The minimum absolute atomic E-state index is 0.689. The first kappa shape index (κ1) is 15.1. The first-order chi connectivity index (χ1) is 9.90. The SMILES string of the molecule is CCCCOc1ccccc1OCCN1CCOCC1. The van der Waals surface area contributed by atoms with Crippen LogP contribution in [0.15, 0.2) is 24.3 Å². The van der Waals surface area contributed by atoms with Crippen molar-refractivity contribution < 1.29 is 14.2 Å². The zero-order chi connectivity index (χ0) is 14.0. The summed E-state index contributed by atoms with van der Waals surface area (Å²) in [4.78, 5) is 2.37. The smallest absolute Gasteiger partial charge is 0.161 e. The van der Waals surface area contributed by atoms with Crippen molar-refractivity contribution in [2.24, 2.45) is 0 Å².